The first-order valence-electron chi connectivity index (χ1n) is 10.4. The average molecular weight is 497 g/mol. The SMILES string of the molecule is O=CC(=O)C1C(=Cc2ccc(Cl)cc2)CN(c2ccccc2)C(S(=O)(=O)O)N1c1ccccc1. The highest BCUT2D eigenvalue weighted by Crippen LogP contribution is 2.36. The fourth-order valence-corrected chi connectivity index (χ4v) is 5.29. The van der Waals surface area contributed by atoms with Crippen LogP contribution in [0.2, 0.25) is 5.02 Å². The number of carbonyl (C=O) groups is 2. The van der Waals surface area contributed by atoms with Crippen molar-refractivity contribution < 1.29 is 22.6 Å². The zero-order valence-electron chi connectivity index (χ0n) is 17.9. The maximum Gasteiger partial charge on any atom is 0.306 e. The second-order valence-electron chi connectivity index (χ2n) is 7.74. The molecule has 0 aromatic heterocycles. The largest absolute Gasteiger partial charge is 0.332 e. The van der Waals surface area contributed by atoms with E-state index in [2.05, 4.69) is 0 Å². The number of Topliss-reactive ketones (excluding diaryl/α,β-unsaturated/α-hetero) is 1. The Kier molecular flexibility index (Phi) is 6.83. The number of halogens is 1. The molecule has 0 amide bonds. The summed E-state index contributed by atoms with van der Waals surface area (Å²) in [5.41, 5.74) is 0.424. The molecule has 0 radical (unpaired) electrons. The molecule has 0 aliphatic carbocycles. The summed E-state index contributed by atoms with van der Waals surface area (Å²) in [6.07, 6.45) is 1.91. The van der Waals surface area contributed by atoms with Crippen LogP contribution in [0.15, 0.2) is 90.5 Å². The Morgan fingerprint density at radius 1 is 0.912 bits per heavy atom. The first-order valence-corrected chi connectivity index (χ1v) is 12.2. The molecule has 7 nitrogen and oxygen atoms in total. The summed E-state index contributed by atoms with van der Waals surface area (Å²) >= 11 is 6.00. The van der Waals surface area contributed by atoms with Crippen molar-refractivity contribution in [1.82, 2.24) is 0 Å². The summed E-state index contributed by atoms with van der Waals surface area (Å²) in [6.45, 7) is -0.0231. The van der Waals surface area contributed by atoms with Crippen molar-refractivity contribution in [3.8, 4) is 0 Å². The molecule has 3 aromatic carbocycles. The van der Waals surface area contributed by atoms with Crippen LogP contribution in [-0.2, 0) is 19.7 Å². The normalized spacial score (nSPS) is 19.8. The van der Waals surface area contributed by atoms with Crippen LogP contribution >= 0.6 is 11.6 Å². The molecule has 9 heteroatoms. The Balaban J connectivity index is 1.98. The molecule has 1 N–H and O–H groups in total. The van der Waals surface area contributed by atoms with Gasteiger partial charge in [0.25, 0.3) is 0 Å². The summed E-state index contributed by atoms with van der Waals surface area (Å²) in [6, 6.07) is 22.7. The lowest BCUT2D eigenvalue weighted by atomic mass is 9.95. The molecule has 2 unspecified atom stereocenters. The van der Waals surface area contributed by atoms with Gasteiger partial charge >= 0.3 is 10.1 Å². The number of anilines is 2. The molecule has 1 saturated heterocycles. The third-order valence-corrected chi connectivity index (χ3v) is 6.77. The zero-order valence-corrected chi connectivity index (χ0v) is 19.4. The van der Waals surface area contributed by atoms with Crippen LogP contribution in [0.1, 0.15) is 5.56 Å². The van der Waals surface area contributed by atoms with Crippen LogP contribution in [0, 0.1) is 0 Å². The maximum atomic E-state index is 13.0. The highest BCUT2D eigenvalue weighted by atomic mass is 35.5. The molecule has 2 atom stereocenters. The van der Waals surface area contributed by atoms with Gasteiger partial charge in [-0.25, -0.2) is 0 Å². The van der Waals surface area contributed by atoms with E-state index in [-0.39, 0.29) is 12.8 Å². The minimum Gasteiger partial charge on any atom is -0.332 e. The predicted molar refractivity (Wildman–Crippen MR) is 132 cm³/mol. The summed E-state index contributed by atoms with van der Waals surface area (Å²) in [5, 5.41) is 0.537. The highest BCUT2D eigenvalue weighted by Gasteiger charge is 2.48. The summed E-state index contributed by atoms with van der Waals surface area (Å²) in [4.78, 5) is 27.4. The molecular formula is C25H21ClN2O5S. The van der Waals surface area contributed by atoms with E-state index in [1.54, 1.807) is 91.0 Å². The van der Waals surface area contributed by atoms with Gasteiger partial charge in [-0.1, -0.05) is 66.2 Å². The topological polar surface area (TPSA) is 95.0 Å². The van der Waals surface area contributed by atoms with E-state index in [0.717, 1.165) is 5.56 Å². The van der Waals surface area contributed by atoms with Gasteiger partial charge in [0.15, 0.2) is 6.29 Å². The lowest BCUT2D eigenvalue weighted by Gasteiger charge is -2.48. The number of para-hydroxylation sites is 2. The first-order chi connectivity index (χ1) is 16.3. The summed E-state index contributed by atoms with van der Waals surface area (Å²) in [7, 11) is -4.76. The third-order valence-electron chi connectivity index (χ3n) is 5.50. The Morgan fingerprint density at radius 3 is 2.00 bits per heavy atom. The number of aldehydes is 1. The highest BCUT2D eigenvalue weighted by molar-refractivity contribution is 7.86. The van der Waals surface area contributed by atoms with Crippen molar-refractivity contribution in [3.05, 3.63) is 101 Å². The van der Waals surface area contributed by atoms with E-state index in [1.165, 1.54) is 9.80 Å². The molecule has 1 heterocycles. The smallest absolute Gasteiger partial charge is 0.306 e. The zero-order chi connectivity index (χ0) is 24.3. The summed E-state index contributed by atoms with van der Waals surface area (Å²) in [5.74, 6) is -0.828. The lowest BCUT2D eigenvalue weighted by molar-refractivity contribution is -0.130. The molecule has 0 bridgehead atoms. The number of ketones is 1. The monoisotopic (exact) mass is 496 g/mol. The number of benzene rings is 3. The van der Waals surface area contributed by atoms with Gasteiger partial charge in [-0.3, -0.25) is 14.1 Å². The molecule has 0 saturated carbocycles. The Hall–Kier alpha value is -3.46. The van der Waals surface area contributed by atoms with Gasteiger partial charge in [0.2, 0.25) is 11.3 Å². The number of nitrogens with zero attached hydrogens (tertiary/aromatic N) is 2. The van der Waals surface area contributed by atoms with Gasteiger partial charge < -0.3 is 9.80 Å². The molecule has 3 aromatic rings. The maximum absolute atomic E-state index is 13.0. The van der Waals surface area contributed by atoms with Crippen molar-refractivity contribution in [2.24, 2.45) is 0 Å². The van der Waals surface area contributed by atoms with Gasteiger partial charge in [0.05, 0.1) is 0 Å². The molecule has 0 spiro atoms. The van der Waals surface area contributed by atoms with E-state index in [4.69, 9.17) is 11.6 Å². The van der Waals surface area contributed by atoms with Crippen LogP contribution in [0.3, 0.4) is 0 Å². The van der Waals surface area contributed by atoms with E-state index >= 15 is 0 Å². The molecule has 4 rings (SSSR count). The molecular weight excluding hydrogens is 476 g/mol. The molecule has 1 aliphatic rings. The number of hydrogen-bond acceptors (Lipinski definition) is 6. The second kappa shape index (κ2) is 9.80. The van der Waals surface area contributed by atoms with Gasteiger partial charge in [-0.05, 0) is 47.5 Å². The van der Waals surface area contributed by atoms with E-state index in [1.807, 2.05) is 0 Å². The first kappa shape index (κ1) is 23.7. The van der Waals surface area contributed by atoms with Crippen LogP contribution < -0.4 is 9.80 Å². The number of rotatable bonds is 6. The third kappa shape index (κ3) is 4.89. The van der Waals surface area contributed by atoms with E-state index < -0.39 is 27.4 Å². The van der Waals surface area contributed by atoms with Crippen LogP contribution in [0.25, 0.3) is 6.08 Å². The van der Waals surface area contributed by atoms with Crippen molar-refractivity contribution >= 4 is 51.2 Å². The number of carbonyl (C=O) groups excluding carboxylic acids is 2. The summed E-state index contributed by atoms with van der Waals surface area (Å²) < 4.78 is 35.8. The standard InChI is InChI=1S/C25H21ClN2O5S/c26-20-13-11-18(12-14-20)15-19-16-27(21-7-3-1-4-8-21)25(34(31,32)33)28(24(19)23(30)17-29)22-9-5-2-6-10-22/h1-15,17,24-25H,16H2,(H,31,32,33). The molecule has 34 heavy (non-hydrogen) atoms. The van der Waals surface area contributed by atoms with E-state index in [0.29, 0.717) is 22.0 Å². The fraction of sp³-hybridized carbons (Fsp3) is 0.120. The molecule has 1 fully saturated rings. The average Bonchev–Trinajstić information content (AvgIpc) is 2.84. The van der Waals surface area contributed by atoms with Crippen molar-refractivity contribution in [1.29, 1.82) is 0 Å². The van der Waals surface area contributed by atoms with Gasteiger partial charge in [-0.15, -0.1) is 0 Å². The van der Waals surface area contributed by atoms with E-state index in [9.17, 15) is 22.6 Å². The lowest BCUT2D eigenvalue weighted by Crippen LogP contribution is -2.65. The van der Waals surface area contributed by atoms with Crippen molar-refractivity contribution in [2.45, 2.75) is 11.5 Å². The van der Waals surface area contributed by atoms with Gasteiger partial charge in [-0.2, -0.15) is 8.42 Å². The van der Waals surface area contributed by atoms with Gasteiger partial charge in [0.1, 0.15) is 6.04 Å². The molecule has 174 valence electrons. The predicted octanol–water partition coefficient (Wildman–Crippen LogP) is 4.06. The Morgan fingerprint density at radius 2 is 1.47 bits per heavy atom. The van der Waals surface area contributed by atoms with Crippen molar-refractivity contribution in [2.75, 3.05) is 16.3 Å². The number of hydrogen-bond donors (Lipinski definition) is 1. The Bertz CT molecular complexity index is 1310. The van der Waals surface area contributed by atoms with Crippen LogP contribution in [0.5, 0.6) is 0 Å². The van der Waals surface area contributed by atoms with Gasteiger partial charge in [0, 0.05) is 22.9 Å². The van der Waals surface area contributed by atoms with Crippen LogP contribution in [0.4, 0.5) is 11.4 Å². The minimum absolute atomic E-state index is 0.0231. The van der Waals surface area contributed by atoms with Crippen molar-refractivity contribution in [3.63, 3.8) is 0 Å². The van der Waals surface area contributed by atoms with Crippen LogP contribution in [-0.4, -0.2) is 43.1 Å². The Labute approximate surface area is 202 Å². The quantitative estimate of drug-likeness (QED) is 0.312. The minimum atomic E-state index is -4.76. The molecule has 1 aliphatic heterocycles. The second-order valence-corrected chi connectivity index (χ2v) is 9.63. The fourth-order valence-electron chi connectivity index (χ4n) is 4.12.